The smallest absolute Gasteiger partial charge is 0.351 e. The van der Waals surface area contributed by atoms with E-state index in [0.29, 0.717) is 4.57 Å². The van der Waals surface area contributed by atoms with Crippen LogP contribution in [0.1, 0.15) is 26.5 Å². The summed E-state index contributed by atoms with van der Waals surface area (Å²) in [4.78, 5) is 24.9. The predicted octanol–water partition coefficient (Wildman–Crippen LogP) is -0.844. The van der Waals surface area contributed by atoms with Gasteiger partial charge in [-0.05, 0) is 12.0 Å². The van der Waals surface area contributed by atoms with Crippen LogP contribution in [0.2, 0.25) is 0 Å². The number of aliphatic hydroxyl groups is 2. The normalized spacial score (nSPS) is 26.0. The molecule has 1 saturated heterocycles. The van der Waals surface area contributed by atoms with E-state index in [-0.39, 0.29) is 11.7 Å². The lowest BCUT2D eigenvalue weighted by Crippen LogP contribution is -2.41. The second kappa shape index (κ2) is 9.17. The number of aromatic nitrogens is 2. The molecule has 2 rings (SSSR count). The van der Waals surface area contributed by atoms with Crippen LogP contribution in [0.5, 0.6) is 0 Å². The molecule has 10 nitrogen and oxygen atoms in total. The number of aliphatic hydroxyl groups excluding tert-OH is 2. The minimum absolute atomic E-state index is 0.0718. The number of carboxylic acid groups (broad SMARTS) is 1. The largest absolute Gasteiger partial charge is 0.480 e. The summed E-state index contributed by atoms with van der Waals surface area (Å²) in [6.07, 6.45) is -3.87. The number of nitrogen functional groups attached to an aromatic ring is 1. The third-order valence-electron chi connectivity index (χ3n) is 4.21. The molecule has 5 atom stereocenters. The molecule has 0 saturated carbocycles. The second-order valence-electron chi connectivity index (χ2n) is 6.12. The highest BCUT2D eigenvalue weighted by atomic mass is 19.3. The van der Waals surface area contributed by atoms with Crippen molar-refractivity contribution < 1.29 is 33.6 Å². The van der Waals surface area contributed by atoms with Crippen molar-refractivity contribution >= 4 is 11.8 Å². The van der Waals surface area contributed by atoms with Crippen LogP contribution >= 0.6 is 0 Å². The summed E-state index contributed by atoms with van der Waals surface area (Å²) in [7, 11) is 0. The third kappa shape index (κ3) is 5.19. The summed E-state index contributed by atoms with van der Waals surface area (Å²) in [5.41, 5.74) is 9.48. The Balaban J connectivity index is 0.000000345. The summed E-state index contributed by atoms with van der Waals surface area (Å²) in [5, 5.41) is 26.5. The first-order valence-corrected chi connectivity index (χ1v) is 8.12. The molecule has 1 aliphatic heterocycles. The highest BCUT2D eigenvalue weighted by Gasteiger charge is 2.59. The molecule has 0 amide bonds. The fraction of sp³-hybridized carbons (Fsp3) is 0.667. The van der Waals surface area contributed by atoms with Crippen LogP contribution in [0.25, 0.3) is 0 Å². The van der Waals surface area contributed by atoms with E-state index in [9.17, 15) is 23.5 Å². The summed E-state index contributed by atoms with van der Waals surface area (Å²) < 4.78 is 32.7. The summed E-state index contributed by atoms with van der Waals surface area (Å²) in [6.45, 7) is 2.97. The van der Waals surface area contributed by atoms with Gasteiger partial charge < -0.3 is 31.5 Å². The number of carboxylic acids is 1. The average Bonchev–Trinajstić information content (AvgIpc) is 2.84. The zero-order valence-electron chi connectivity index (χ0n) is 14.8. The lowest BCUT2D eigenvalue weighted by atomic mass is 10.0. The van der Waals surface area contributed by atoms with Crippen LogP contribution in [0, 0.1) is 5.92 Å². The van der Waals surface area contributed by atoms with E-state index >= 15 is 0 Å². The van der Waals surface area contributed by atoms with Gasteiger partial charge >= 0.3 is 17.6 Å². The molecule has 1 aliphatic rings. The first-order valence-electron chi connectivity index (χ1n) is 8.12. The Hall–Kier alpha value is -2.15. The Kier molecular flexibility index (Phi) is 7.77. The Morgan fingerprint density at radius 2 is 2.11 bits per heavy atom. The van der Waals surface area contributed by atoms with Crippen LogP contribution in [0.4, 0.5) is 14.6 Å². The van der Waals surface area contributed by atoms with E-state index in [4.69, 9.17) is 26.4 Å². The Morgan fingerprint density at radius 1 is 1.52 bits per heavy atom. The molecule has 7 N–H and O–H groups in total. The van der Waals surface area contributed by atoms with Crippen molar-refractivity contribution in [3.8, 4) is 0 Å². The molecule has 0 aromatic carbocycles. The molecule has 0 spiro atoms. The molecular weight excluding hydrogens is 370 g/mol. The molecule has 1 fully saturated rings. The number of aliphatic carboxylic acids is 1. The summed E-state index contributed by atoms with van der Waals surface area (Å²) in [5.74, 6) is -4.67. The van der Waals surface area contributed by atoms with Crippen molar-refractivity contribution in [2.75, 3.05) is 12.3 Å². The minimum atomic E-state index is -3.71. The van der Waals surface area contributed by atoms with Gasteiger partial charge in [0.1, 0.15) is 18.0 Å². The number of nitrogens with two attached hydrogens (primary N) is 2. The van der Waals surface area contributed by atoms with Crippen LogP contribution in [0.15, 0.2) is 17.1 Å². The Labute approximate surface area is 153 Å². The van der Waals surface area contributed by atoms with Crippen LogP contribution < -0.4 is 17.2 Å². The number of anilines is 1. The van der Waals surface area contributed by atoms with Gasteiger partial charge in [0, 0.05) is 6.20 Å². The number of carbonyl (C=O) groups is 1. The van der Waals surface area contributed by atoms with Crippen LogP contribution in [0.3, 0.4) is 0 Å². The maximum absolute atomic E-state index is 13.7. The molecule has 2 heterocycles. The Bertz CT molecular complexity index is 701. The second-order valence-corrected chi connectivity index (χ2v) is 6.12. The zero-order chi connectivity index (χ0) is 20.9. The topological polar surface area (TPSA) is 174 Å². The molecule has 1 aromatic rings. The molecule has 27 heavy (non-hydrogen) atoms. The molecule has 12 heteroatoms. The molecule has 1 aromatic heterocycles. The van der Waals surface area contributed by atoms with Crippen molar-refractivity contribution in [3.05, 3.63) is 22.7 Å². The van der Waals surface area contributed by atoms with E-state index < -0.39 is 48.7 Å². The van der Waals surface area contributed by atoms with Gasteiger partial charge in [0.25, 0.3) is 0 Å². The van der Waals surface area contributed by atoms with Crippen LogP contribution in [-0.4, -0.2) is 61.6 Å². The molecule has 154 valence electrons. The van der Waals surface area contributed by atoms with Crippen molar-refractivity contribution in [2.24, 2.45) is 11.7 Å². The number of hydrogen-bond donors (Lipinski definition) is 5. The van der Waals surface area contributed by atoms with Crippen molar-refractivity contribution in [1.82, 2.24) is 9.55 Å². The highest BCUT2D eigenvalue weighted by Crippen LogP contribution is 2.41. The van der Waals surface area contributed by atoms with E-state index in [1.807, 2.05) is 13.8 Å². The predicted molar refractivity (Wildman–Crippen MR) is 89.9 cm³/mol. The fourth-order valence-electron chi connectivity index (χ4n) is 2.22. The first kappa shape index (κ1) is 22.9. The number of alkyl halides is 2. The van der Waals surface area contributed by atoms with Crippen molar-refractivity contribution in [2.45, 2.75) is 50.7 Å². The summed E-state index contributed by atoms with van der Waals surface area (Å²) in [6, 6.07) is 0.453. The average molecular weight is 394 g/mol. The lowest BCUT2D eigenvalue weighted by molar-refractivity contribution is -0.141. The number of hydrogen-bond acceptors (Lipinski definition) is 8. The SMILES string of the molecule is CC[C@H](C)[C@H](N)C(=O)O.Nc1ccn([C@@H]2O[C@H](CO)[C@@H](O)C2(F)F)c(=O)n1. The first-order chi connectivity index (χ1) is 12.5. The van der Waals surface area contributed by atoms with Gasteiger partial charge in [-0.3, -0.25) is 9.36 Å². The third-order valence-corrected chi connectivity index (χ3v) is 4.21. The molecule has 0 unspecified atom stereocenters. The highest BCUT2D eigenvalue weighted by molar-refractivity contribution is 5.73. The number of rotatable bonds is 5. The minimum Gasteiger partial charge on any atom is -0.480 e. The maximum Gasteiger partial charge on any atom is 0.351 e. The fourth-order valence-corrected chi connectivity index (χ4v) is 2.22. The number of halogens is 2. The van der Waals surface area contributed by atoms with Gasteiger partial charge in [-0.25, -0.2) is 4.79 Å². The molecule has 0 radical (unpaired) electrons. The maximum atomic E-state index is 13.7. The van der Waals surface area contributed by atoms with E-state index in [1.54, 1.807) is 0 Å². The molecule has 0 bridgehead atoms. The van der Waals surface area contributed by atoms with E-state index in [1.165, 1.54) is 0 Å². The number of nitrogens with zero attached hydrogens (tertiary/aromatic N) is 2. The van der Waals surface area contributed by atoms with Crippen molar-refractivity contribution in [3.63, 3.8) is 0 Å². The van der Waals surface area contributed by atoms with E-state index in [2.05, 4.69) is 4.98 Å². The molecular formula is C15H24F2N4O6. The quantitative estimate of drug-likeness (QED) is 0.426. The van der Waals surface area contributed by atoms with E-state index in [0.717, 1.165) is 18.7 Å². The molecule has 0 aliphatic carbocycles. The zero-order valence-corrected chi connectivity index (χ0v) is 14.8. The Morgan fingerprint density at radius 3 is 2.48 bits per heavy atom. The monoisotopic (exact) mass is 394 g/mol. The summed E-state index contributed by atoms with van der Waals surface area (Å²) >= 11 is 0. The standard InChI is InChI=1S/C9H11F2N3O4.C6H13NO2/c10-9(11)6(16)4(3-15)18-7(9)14-2-1-5(12)13-8(14)17;1-3-4(2)5(7)6(8)9/h1-2,4,6-7,15-16H,3H2,(H2,12,13,17);4-5H,3,7H2,1-2H3,(H,8,9)/t4-,6-,7-;4-,5-/m10/s1. The number of ether oxygens (including phenoxy) is 1. The van der Waals surface area contributed by atoms with Gasteiger partial charge in [-0.1, -0.05) is 20.3 Å². The van der Waals surface area contributed by atoms with Gasteiger partial charge in [0.05, 0.1) is 6.61 Å². The van der Waals surface area contributed by atoms with Crippen LogP contribution in [-0.2, 0) is 9.53 Å². The van der Waals surface area contributed by atoms with Gasteiger partial charge in [-0.15, -0.1) is 0 Å². The van der Waals surface area contributed by atoms with Gasteiger partial charge in [0.2, 0.25) is 6.23 Å². The van der Waals surface area contributed by atoms with Gasteiger partial charge in [0.15, 0.2) is 6.10 Å². The van der Waals surface area contributed by atoms with Gasteiger partial charge in [-0.2, -0.15) is 13.8 Å². The van der Waals surface area contributed by atoms with Crippen molar-refractivity contribution in [1.29, 1.82) is 0 Å². The lowest BCUT2D eigenvalue weighted by Gasteiger charge is -2.20.